The number of amides is 3. The molecule has 1 spiro atoms. The van der Waals surface area contributed by atoms with Crippen LogP contribution in [0.25, 0.3) is 0 Å². The first kappa shape index (κ1) is 9.72. The Morgan fingerprint density at radius 2 is 2.06 bits per heavy atom. The maximum atomic E-state index is 11.9. The SMILES string of the molecule is O=C1NC(=O)C2(CSCc3ccccc32)N1. The van der Waals surface area contributed by atoms with Gasteiger partial charge in [-0.2, -0.15) is 11.8 Å². The van der Waals surface area contributed by atoms with Crippen molar-refractivity contribution in [1.82, 2.24) is 10.6 Å². The smallest absolute Gasteiger partial charge is 0.319 e. The summed E-state index contributed by atoms with van der Waals surface area (Å²) in [7, 11) is 0. The van der Waals surface area contributed by atoms with Gasteiger partial charge in [-0.15, -0.1) is 0 Å². The number of carbonyl (C=O) groups is 2. The predicted molar refractivity (Wildman–Crippen MR) is 61.0 cm³/mol. The Hall–Kier alpha value is -1.49. The van der Waals surface area contributed by atoms with Gasteiger partial charge in [0.05, 0.1) is 0 Å². The zero-order valence-corrected chi connectivity index (χ0v) is 9.26. The molecule has 16 heavy (non-hydrogen) atoms. The van der Waals surface area contributed by atoms with E-state index in [0.29, 0.717) is 5.75 Å². The first-order chi connectivity index (χ1) is 7.72. The summed E-state index contributed by atoms with van der Waals surface area (Å²) >= 11 is 1.66. The van der Waals surface area contributed by atoms with Crippen molar-refractivity contribution in [2.75, 3.05) is 5.75 Å². The largest absolute Gasteiger partial charge is 0.322 e. The first-order valence-corrected chi connectivity index (χ1v) is 6.17. The van der Waals surface area contributed by atoms with E-state index in [1.54, 1.807) is 11.8 Å². The molecular formula is C11H10N2O2S. The van der Waals surface area contributed by atoms with E-state index >= 15 is 0 Å². The third kappa shape index (κ3) is 1.18. The summed E-state index contributed by atoms with van der Waals surface area (Å²) < 4.78 is 0. The Bertz CT molecular complexity index is 489. The lowest BCUT2D eigenvalue weighted by Gasteiger charge is -2.32. The van der Waals surface area contributed by atoms with Crippen LogP contribution in [0.4, 0.5) is 4.79 Å². The fourth-order valence-electron chi connectivity index (χ4n) is 2.24. The van der Waals surface area contributed by atoms with Gasteiger partial charge in [-0.3, -0.25) is 10.1 Å². The minimum atomic E-state index is -0.851. The topological polar surface area (TPSA) is 58.2 Å². The van der Waals surface area contributed by atoms with E-state index in [-0.39, 0.29) is 5.91 Å². The Kier molecular flexibility index (Phi) is 1.97. The second-order valence-electron chi connectivity index (χ2n) is 3.96. The van der Waals surface area contributed by atoms with E-state index in [4.69, 9.17) is 0 Å². The van der Waals surface area contributed by atoms with Gasteiger partial charge >= 0.3 is 6.03 Å². The minimum absolute atomic E-state index is 0.239. The van der Waals surface area contributed by atoms with Crippen molar-refractivity contribution < 1.29 is 9.59 Å². The van der Waals surface area contributed by atoms with Crippen LogP contribution in [0.3, 0.4) is 0 Å². The zero-order valence-electron chi connectivity index (χ0n) is 8.45. The molecule has 1 saturated heterocycles. The average molecular weight is 234 g/mol. The monoisotopic (exact) mass is 234 g/mol. The van der Waals surface area contributed by atoms with E-state index in [0.717, 1.165) is 16.9 Å². The maximum Gasteiger partial charge on any atom is 0.322 e. The quantitative estimate of drug-likeness (QED) is 0.658. The number of hydrogen-bond acceptors (Lipinski definition) is 3. The Labute approximate surface area is 96.8 Å². The van der Waals surface area contributed by atoms with Gasteiger partial charge in [0, 0.05) is 11.5 Å². The lowest BCUT2D eigenvalue weighted by Crippen LogP contribution is -2.48. The van der Waals surface area contributed by atoms with Gasteiger partial charge in [0.15, 0.2) is 5.54 Å². The number of imide groups is 1. The summed E-state index contributed by atoms with van der Waals surface area (Å²) in [6.45, 7) is 0. The number of carbonyl (C=O) groups excluding carboxylic acids is 2. The van der Waals surface area contributed by atoms with Gasteiger partial charge in [-0.1, -0.05) is 24.3 Å². The summed E-state index contributed by atoms with van der Waals surface area (Å²) in [5.41, 5.74) is 1.20. The van der Waals surface area contributed by atoms with Crippen LogP contribution in [0.1, 0.15) is 11.1 Å². The number of benzene rings is 1. The molecule has 5 heteroatoms. The van der Waals surface area contributed by atoms with Crippen LogP contribution in [-0.2, 0) is 16.1 Å². The summed E-state index contributed by atoms with van der Waals surface area (Å²) in [6, 6.07) is 7.37. The highest BCUT2D eigenvalue weighted by atomic mass is 32.2. The summed E-state index contributed by atoms with van der Waals surface area (Å²) in [5.74, 6) is 1.25. The van der Waals surface area contributed by atoms with E-state index < -0.39 is 11.6 Å². The van der Waals surface area contributed by atoms with Crippen LogP contribution in [-0.4, -0.2) is 17.7 Å². The molecule has 1 atom stereocenters. The molecule has 3 amide bonds. The molecule has 1 fully saturated rings. The van der Waals surface area contributed by atoms with Crippen LogP contribution in [0.5, 0.6) is 0 Å². The molecule has 1 aromatic carbocycles. The molecule has 0 aromatic heterocycles. The molecule has 1 unspecified atom stereocenters. The Morgan fingerprint density at radius 1 is 1.25 bits per heavy atom. The van der Waals surface area contributed by atoms with Crippen LogP contribution in [0.2, 0.25) is 0 Å². The number of thioether (sulfide) groups is 1. The van der Waals surface area contributed by atoms with Gasteiger partial charge in [0.2, 0.25) is 0 Å². The van der Waals surface area contributed by atoms with Crippen LogP contribution in [0, 0.1) is 0 Å². The molecule has 2 aliphatic heterocycles. The van der Waals surface area contributed by atoms with Gasteiger partial charge in [-0.05, 0) is 11.1 Å². The fraction of sp³-hybridized carbons (Fsp3) is 0.273. The second-order valence-corrected chi connectivity index (χ2v) is 4.95. The number of hydrogen-bond donors (Lipinski definition) is 2. The highest BCUT2D eigenvalue weighted by Crippen LogP contribution is 2.37. The second kappa shape index (κ2) is 3.25. The van der Waals surface area contributed by atoms with Crippen molar-refractivity contribution in [3.8, 4) is 0 Å². The summed E-state index contributed by atoms with van der Waals surface area (Å²) in [4.78, 5) is 23.2. The van der Waals surface area contributed by atoms with Crippen molar-refractivity contribution in [3.63, 3.8) is 0 Å². The standard InChI is InChI=1S/C11H10N2O2S/c14-9-11(13-10(15)12-9)6-16-5-7-3-1-2-4-8(7)11/h1-4H,5-6H2,(H2,12,13,14,15). The van der Waals surface area contributed by atoms with Gasteiger partial charge < -0.3 is 5.32 Å². The third-order valence-electron chi connectivity index (χ3n) is 2.99. The molecule has 0 aliphatic carbocycles. The first-order valence-electron chi connectivity index (χ1n) is 5.02. The van der Waals surface area contributed by atoms with Crippen molar-refractivity contribution in [2.45, 2.75) is 11.3 Å². The fourth-order valence-corrected chi connectivity index (χ4v) is 3.48. The molecular weight excluding hydrogens is 224 g/mol. The van der Waals surface area contributed by atoms with Gasteiger partial charge in [0.25, 0.3) is 5.91 Å². The lowest BCUT2D eigenvalue weighted by atomic mass is 9.88. The number of nitrogens with one attached hydrogen (secondary N) is 2. The highest BCUT2D eigenvalue weighted by Gasteiger charge is 2.49. The minimum Gasteiger partial charge on any atom is -0.319 e. The maximum absolute atomic E-state index is 11.9. The molecule has 3 rings (SSSR count). The van der Waals surface area contributed by atoms with Crippen molar-refractivity contribution in [1.29, 1.82) is 0 Å². The van der Waals surface area contributed by atoms with Crippen LogP contribution in [0.15, 0.2) is 24.3 Å². The molecule has 2 heterocycles. The molecule has 4 nitrogen and oxygen atoms in total. The molecule has 2 aliphatic rings. The summed E-state index contributed by atoms with van der Waals surface area (Å²) in [6.07, 6.45) is 0. The van der Waals surface area contributed by atoms with Crippen molar-refractivity contribution in [3.05, 3.63) is 35.4 Å². The number of fused-ring (bicyclic) bond motifs is 2. The molecule has 1 aromatic rings. The molecule has 2 N–H and O–H groups in total. The summed E-state index contributed by atoms with van der Waals surface area (Å²) in [5, 5.41) is 5.07. The van der Waals surface area contributed by atoms with E-state index in [1.165, 1.54) is 0 Å². The van der Waals surface area contributed by atoms with Crippen molar-refractivity contribution >= 4 is 23.7 Å². The van der Waals surface area contributed by atoms with Gasteiger partial charge in [-0.25, -0.2) is 4.79 Å². The number of rotatable bonds is 0. The Morgan fingerprint density at radius 3 is 2.81 bits per heavy atom. The van der Waals surface area contributed by atoms with Gasteiger partial charge in [0.1, 0.15) is 0 Å². The lowest BCUT2D eigenvalue weighted by molar-refractivity contribution is -0.123. The van der Waals surface area contributed by atoms with Crippen LogP contribution >= 0.6 is 11.8 Å². The highest BCUT2D eigenvalue weighted by molar-refractivity contribution is 7.98. The van der Waals surface area contributed by atoms with E-state index in [2.05, 4.69) is 10.6 Å². The predicted octanol–water partition coefficient (Wildman–Crippen LogP) is 0.968. The molecule has 0 saturated carbocycles. The molecule has 0 bridgehead atoms. The van der Waals surface area contributed by atoms with E-state index in [9.17, 15) is 9.59 Å². The molecule has 82 valence electrons. The Balaban J connectivity index is 2.17. The third-order valence-corrected chi connectivity index (χ3v) is 4.15. The molecule has 0 radical (unpaired) electrons. The average Bonchev–Trinajstić information content (AvgIpc) is 2.55. The van der Waals surface area contributed by atoms with Crippen LogP contribution < -0.4 is 10.6 Å². The normalized spacial score (nSPS) is 27.5. The number of urea groups is 1. The zero-order chi connectivity index (χ0) is 11.2. The van der Waals surface area contributed by atoms with Crippen molar-refractivity contribution in [2.24, 2.45) is 0 Å². The van der Waals surface area contributed by atoms with E-state index in [1.807, 2.05) is 24.3 Å².